The summed E-state index contributed by atoms with van der Waals surface area (Å²) in [5, 5.41) is 9.24. The minimum absolute atomic E-state index is 0. The highest BCUT2D eigenvalue weighted by atomic mass is 35.5. The Balaban J connectivity index is -0.00000200. The molecule has 0 aromatic heterocycles. The summed E-state index contributed by atoms with van der Waals surface area (Å²) in [6.07, 6.45) is 16.4. The Bertz CT molecular complexity index is 241. The number of carbonyl (C=O) groups excluding carboxylic acids is 1. The minimum atomic E-state index is -0.942. The maximum atomic E-state index is 11.3. The topological polar surface area (TPSA) is 63.3 Å². The van der Waals surface area contributed by atoms with E-state index in [1.54, 1.807) is 0 Å². The van der Waals surface area contributed by atoms with Crippen LogP contribution in [-0.4, -0.2) is 23.5 Å². The van der Waals surface area contributed by atoms with Gasteiger partial charge >= 0.3 is 0 Å². The highest BCUT2D eigenvalue weighted by molar-refractivity contribution is 5.85. The van der Waals surface area contributed by atoms with Crippen molar-refractivity contribution < 1.29 is 9.90 Å². The van der Waals surface area contributed by atoms with E-state index in [-0.39, 0.29) is 37.1 Å². The molecule has 1 unspecified atom stereocenters. The lowest BCUT2D eigenvalue weighted by atomic mass is 10.0. The number of nitrogens with two attached hydrogens (primary N) is 1. The predicted octanol–water partition coefficient (Wildman–Crippen LogP) is 5.20. The van der Waals surface area contributed by atoms with Crippen molar-refractivity contribution in [2.45, 2.75) is 103 Å². The van der Waals surface area contributed by atoms with Gasteiger partial charge in [0.05, 0.1) is 0 Å². The second kappa shape index (κ2) is 22.2. The number of hydrogen-bond acceptors (Lipinski definition) is 3. The second-order valence-electron chi connectivity index (χ2n) is 6.21. The fraction of sp³-hybridized carbons (Fsp3) is 0.944. The predicted molar refractivity (Wildman–Crippen MR) is 105 cm³/mol. The molecule has 23 heavy (non-hydrogen) atoms. The number of Topliss-reactive ketones (excluding diaryl/α,β-unsaturated/α-hetero) is 1. The number of aliphatic hydroxyl groups is 1. The molecule has 0 radical (unpaired) electrons. The van der Waals surface area contributed by atoms with Crippen LogP contribution in [0.3, 0.4) is 0 Å². The van der Waals surface area contributed by atoms with Gasteiger partial charge in [-0.3, -0.25) is 4.79 Å². The molecular formula is C18H39Cl2NO2. The van der Waals surface area contributed by atoms with Crippen LogP contribution < -0.4 is 5.73 Å². The van der Waals surface area contributed by atoms with Crippen LogP contribution in [0.5, 0.6) is 0 Å². The molecule has 1 atom stereocenters. The monoisotopic (exact) mass is 371 g/mol. The first kappa shape index (κ1) is 28.0. The number of carbonyl (C=O) groups is 1. The van der Waals surface area contributed by atoms with Gasteiger partial charge in [0, 0.05) is 13.0 Å². The summed E-state index contributed by atoms with van der Waals surface area (Å²) in [4.78, 5) is 11.3. The summed E-state index contributed by atoms with van der Waals surface area (Å²) in [5.74, 6) is -0.0967. The maximum Gasteiger partial charge on any atom is 0.162 e. The summed E-state index contributed by atoms with van der Waals surface area (Å²) in [7, 11) is 0. The van der Waals surface area contributed by atoms with Crippen LogP contribution in [0.25, 0.3) is 0 Å². The van der Waals surface area contributed by atoms with Crippen LogP contribution in [0.4, 0.5) is 0 Å². The Morgan fingerprint density at radius 3 is 1.48 bits per heavy atom. The molecule has 0 aliphatic carbocycles. The zero-order valence-electron chi connectivity index (χ0n) is 14.9. The molecule has 5 heteroatoms. The first-order chi connectivity index (χ1) is 10.2. The molecule has 0 rings (SSSR count). The molecule has 0 saturated carbocycles. The van der Waals surface area contributed by atoms with E-state index in [1.807, 2.05) is 0 Å². The van der Waals surface area contributed by atoms with Gasteiger partial charge in [-0.1, -0.05) is 84.0 Å². The van der Waals surface area contributed by atoms with E-state index in [0.717, 1.165) is 12.8 Å². The van der Waals surface area contributed by atoms with Gasteiger partial charge < -0.3 is 10.8 Å². The molecule has 3 nitrogen and oxygen atoms in total. The molecule has 0 heterocycles. The third-order valence-electron chi connectivity index (χ3n) is 4.12. The van der Waals surface area contributed by atoms with E-state index >= 15 is 0 Å². The lowest BCUT2D eigenvalue weighted by Crippen LogP contribution is -2.28. The number of unbranched alkanes of at least 4 members (excludes halogenated alkanes) is 12. The minimum Gasteiger partial charge on any atom is -0.384 e. The van der Waals surface area contributed by atoms with E-state index < -0.39 is 6.10 Å². The van der Waals surface area contributed by atoms with Crippen LogP contribution >= 0.6 is 24.8 Å². The van der Waals surface area contributed by atoms with Crippen molar-refractivity contribution in [3.8, 4) is 0 Å². The molecule has 0 saturated heterocycles. The highest BCUT2D eigenvalue weighted by Gasteiger charge is 2.11. The Kier molecular flexibility index (Phi) is 27.0. The Morgan fingerprint density at radius 1 is 0.783 bits per heavy atom. The first-order valence-electron chi connectivity index (χ1n) is 9.13. The summed E-state index contributed by atoms with van der Waals surface area (Å²) in [6, 6.07) is 0. The number of hydrogen-bond donors (Lipinski definition) is 2. The quantitative estimate of drug-likeness (QED) is 0.366. The van der Waals surface area contributed by atoms with Gasteiger partial charge in [0.2, 0.25) is 0 Å². The van der Waals surface area contributed by atoms with Crippen molar-refractivity contribution in [3.63, 3.8) is 0 Å². The number of ketones is 1. The lowest BCUT2D eigenvalue weighted by molar-refractivity contribution is -0.126. The van der Waals surface area contributed by atoms with E-state index in [1.165, 1.54) is 70.6 Å². The molecule has 142 valence electrons. The zero-order chi connectivity index (χ0) is 15.8. The molecule has 0 aliphatic heterocycles. The lowest BCUT2D eigenvalue weighted by Gasteiger charge is -2.06. The molecular weight excluding hydrogens is 333 g/mol. The zero-order valence-corrected chi connectivity index (χ0v) is 16.6. The van der Waals surface area contributed by atoms with Crippen molar-refractivity contribution in [2.75, 3.05) is 6.54 Å². The Morgan fingerprint density at radius 2 is 1.13 bits per heavy atom. The third-order valence-corrected chi connectivity index (χ3v) is 4.12. The summed E-state index contributed by atoms with van der Waals surface area (Å²) < 4.78 is 0. The highest BCUT2D eigenvalue weighted by Crippen LogP contribution is 2.13. The third kappa shape index (κ3) is 20.1. The molecule has 0 aromatic rings. The van der Waals surface area contributed by atoms with E-state index in [9.17, 15) is 9.90 Å². The van der Waals surface area contributed by atoms with Crippen LogP contribution in [0.1, 0.15) is 96.8 Å². The second-order valence-corrected chi connectivity index (χ2v) is 6.21. The average Bonchev–Trinajstić information content (AvgIpc) is 2.50. The number of halogens is 2. The first-order valence-corrected chi connectivity index (χ1v) is 9.13. The van der Waals surface area contributed by atoms with Gasteiger partial charge in [0.25, 0.3) is 0 Å². The molecule has 0 amide bonds. The Labute approximate surface area is 156 Å². The van der Waals surface area contributed by atoms with Gasteiger partial charge in [-0.05, 0) is 6.42 Å². The van der Waals surface area contributed by atoms with E-state index in [4.69, 9.17) is 5.73 Å². The van der Waals surface area contributed by atoms with Crippen LogP contribution in [-0.2, 0) is 4.79 Å². The van der Waals surface area contributed by atoms with Gasteiger partial charge in [0.15, 0.2) is 5.78 Å². The fourth-order valence-corrected chi connectivity index (χ4v) is 2.62. The van der Waals surface area contributed by atoms with Gasteiger partial charge in [-0.2, -0.15) is 0 Å². The summed E-state index contributed by atoms with van der Waals surface area (Å²) in [5.41, 5.74) is 5.25. The Hall–Kier alpha value is 0.170. The van der Waals surface area contributed by atoms with Crippen molar-refractivity contribution >= 4 is 30.6 Å². The van der Waals surface area contributed by atoms with E-state index in [2.05, 4.69) is 6.92 Å². The maximum absolute atomic E-state index is 11.3. The molecule has 0 bridgehead atoms. The van der Waals surface area contributed by atoms with Crippen molar-refractivity contribution in [1.29, 1.82) is 0 Å². The largest absolute Gasteiger partial charge is 0.384 e. The molecule has 0 aliphatic rings. The van der Waals surface area contributed by atoms with Crippen LogP contribution in [0.15, 0.2) is 0 Å². The van der Waals surface area contributed by atoms with Gasteiger partial charge in [0.1, 0.15) is 6.10 Å². The smallest absolute Gasteiger partial charge is 0.162 e. The SMILES string of the molecule is CCCCCCCCCCCCCCCC(=O)C(O)CN.Cl.Cl. The van der Waals surface area contributed by atoms with Gasteiger partial charge in [-0.15, -0.1) is 24.8 Å². The molecule has 0 spiro atoms. The molecule has 3 N–H and O–H groups in total. The average molecular weight is 372 g/mol. The summed E-state index contributed by atoms with van der Waals surface area (Å²) in [6.45, 7) is 2.31. The summed E-state index contributed by atoms with van der Waals surface area (Å²) >= 11 is 0. The van der Waals surface area contributed by atoms with Crippen LogP contribution in [0.2, 0.25) is 0 Å². The van der Waals surface area contributed by atoms with Crippen molar-refractivity contribution in [1.82, 2.24) is 0 Å². The standard InChI is InChI=1S/C18H37NO2.2ClH/c1-2-3-4-5-6-7-8-9-10-11-12-13-14-15-17(20)18(21)16-19;;/h18,21H,2-16,19H2,1H3;2*1H. The fourth-order valence-electron chi connectivity index (χ4n) is 2.62. The number of aliphatic hydroxyl groups excluding tert-OH is 1. The van der Waals surface area contributed by atoms with Gasteiger partial charge in [-0.25, -0.2) is 0 Å². The van der Waals surface area contributed by atoms with Crippen molar-refractivity contribution in [2.24, 2.45) is 5.73 Å². The van der Waals surface area contributed by atoms with E-state index in [0.29, 0.717) is 6.42 Å². The van der Waals surface area contributed by atoms with Crippen molar-refractivity contribution in [3.05, 3.63) is 0 Å². The number of rotatable bonds is 16. The normalized spacial score (nSPS) is 11.4. The molecule has 0 fully saturated rings. The van der Waals surface area contributed by atoms with Crippen LogP contribution in [0, 0.1) is 0 Å². The molecule has 0 aromatic carbocycles.